The van der Waals surface area contributed by atoms with E-state index in [1.54, 1.807) is 12.1 Å². The monoisotopic (exact) mass is 311 g/mol. The van der Waals surface area contributed by atoms with Crippen molar-refractivity contribution < 1.29 is 18.3 Å². The van der Waals surface area contributed by atoms with Crippen LogP contribution in [-0.4, -0.2) is 19.5 Å². The number of nitrogens with one attached hydrogen (secondary N) is 1. The average Bonchev–Trinajstić information content (AvgIpc) is 2.76. The van der Waals surface area contributed by atoms with Gasteiger partial charge in [0.05, 0.1) is 0 Å². The Morgan fingerprint density at radius 2 is 1.75 bits per heavy atom. The maximum Gasteiger partial charge on any atom is 0.345 e. The lowest BCUT2D eigenvalue weighted by atomic mass is 10.1. The molecular formula is C13H13NO4S2. The number of rotatable bonds is 4. The Bertz CT molecular complexity index is 742. The standard InChI is InChI=1S/C13H13NO4S2/c1-8-5-9(2)7-10(6-8)14-20(17,18)12-4-3-11(19-12)13(15)16/h3-7,14H,1-2H3,(H,15,16). The highest BCUT2D eigenvalue weighted by molar-refractivity contribution is 7.94. The van der Waals surface area contributed by atoms with Gasteiger partial charge < -0.3 is 5.11 Å². The van der Waals surface area contributed by atoms with Crippen LogP contribution in [0.1, 0.15) is 20.8 Å². The SMILES string of the molecule is Cc1cc(C)cc(NS(=O)(=O)c2ccc(C(=O)O)s2)c1. The molecule has 0 aliphatic rings. The van der Waals surface area contributed by atoms with Gasteiger partial charge in [0.2, 0.25) is 0 Å². The van der Waals surface area contributed by atoms with E-state index < -0.39 is 16.0 Å². The van der Waals surface area contributed by atoms with Crippen LogP contribution in [0.2, 0.25) is 0 Å². The summed E-state index contributed by atoms with van der Waals surface area (Å²) in [5.74, 6) is -1.14. The maximum absolute atomic E-state index is 12.2. The van der Waals surface area contributed by atoms with Crippen LogP contribution in [0.5, 0.6) is 0 Å². The van der Waals surface area contributed by atoms with Crippen molar-refractivity contribution in [2.45, 2.75) is 18.1 Å². The number of benzene rings is 1. The van der Waals surface area contributed by atoms with Crippen LogP contribution >= 0.6 is 11.3 Å². The minimum atomic E-state index is -3.75. The molecule has 20 heavy (non-hydrogen) atoms. The van der Waals surface area contributed by atoms with Gasteiger partial charge in [-0.3, -0.25) is 4.72 Å². The van der Waals surface area contributed by atoms with E-state index >= 15 is 0 Å². The third-order valence-electron chi connectivity index (χ3n) is 2.53. The number of sulfonamides is 1. The molecule has 1 heterocycles. The smallest absolute Gasteiger partial charge is 0.345 e. The molecule has 0 saturated heterocycles. The molecule has 1 aromatic carbocycles. The molecule has 2 N–H and O–H groups in total. The zero-order valence-corrected chi connectivity index (χ0v) is 12.5. The number of hydrogen-bond acceptors (Lipinski definition) is 4. The van der Waals surface area contributed by atoms with Crippen molar-refractivity contribution in [2.75, 3.05) is 4.72 Å². The molecule has 0 amide bonds. The van der Waals surface area contributed by atoms with Crippen LogP contribution in [0, 0.1) is 13.8 Å². The maximum atomic E-state index is 12.2. The van der Waals surface area contributed by atoms with Gasteiger partial charge in [-0.1, -0.05) is 6.07 Å². The second-order valence-corrected chi connectivity index (χ2v) is 7.40. The molecule has 2 aromatic rings. The Labute approximate surface area is 120 Å². The molecule has 106 valence electrons. The van der Waals surface area contributed by atoms with Gasteiger partial charge in [-0.2, -0.15) is 0 Å². The third kappa shape index (κ3) is 3.17. The molecule has 1 aromatic heterocycles. The quantitative estimate of drug-likeness (QED) is 0.909. The molecule has 0 atom stereocenters. The second kappa shape index (κ2) is 5.26. The van der Waals surface area contributed by atoms with E-state index in [0.29, 0.717) is 5.69 Å². The molecule has 0 aliphatic carbocycles. The fraction of sp³-hybridized carbons (Fsp3) is 0.154. The fourth-order valence-electron chi connectivity index (χ4n) is 1.82. The molecule has 7 heteroatoms. The number of thiophene rings is 1. The number of carboxylic acids is 1. The van der Waals surface area contributed by atoms with Crippen molar-refractivity contribution in [1.82, 2.24) is 0 Å². The number of carboxylic acid groups (broad SMARTS) is 1. The summed E-state index contributed by atoms with van der Waals surface area (Å²) in [4.78, 5) is 10.8. The Hall–Kier alpha value is -1.86. The van der Waals surface area contributed by atoms with Crippen molar-refractivity contribution >= 4 is 33.0 Å². The van der Waals surface area contributed by atoms with Gasteiger partial charge in [-0.15, -0.1) is 11.3 Å². The first-order valence-corrected chi connectivity index (χ1v) is 8.02. The summed E-state index contributed by atoms with van der Waals surface area (Å²) in [6, 6.07) is 7.94. The van der Waals surface area contributed by atoms with E-state index in [9.17, 15) is 13.2 Å². The van der Waals surface area contributed by atoms with Crippen molar-refractivity contribution in [3.05, 3.63) is 46.3 Å². The van der Waals surface area contributed by atoms with Crippen LogP contribution in [0.25, 0.3) is 0 Å². The molecule has 0 aliphatic heterocycles. The van der Waals surface area contributed by atoms with Gasteiger partial charge in [0.15, 0.2) is 0 Å². The first kappa shape index (κ1) is 14.5. The highest BCUT2D eigenvalue weighted by Gasteiger charge is 2.19. The average molecular weight is 311 g/mol. The van der Waals surface area contributed by atoms with E-state index in [4.69, 9.17) is 5.11 Å². The predicted molar refractivity (Wildman–Crippen MR) is 78.0 cm³/mol. The summed E-state index contributed by atoms with van der Waals surface area (Å²) in [5, 5.41) is 8.82. The van der Waals surface area contributed by atoms with E-state index in [1.807, 2.05) is 19.9 Å². The van der Waals surface area contributed by atoms with Gasteiger partial charge in [-0.05, 0) is 49.2 Å². The van der Waals surface area contributed by atoms with E-state index in [1.165, 1.54) is 12.1 Å². The van der Waals surface area contributed by atoms with Gasteiger partial charge in [-0.25, -0.2) is 13.2 Å². The summed E-state index contributed by atoms with van der Waals surface area (Å²) >= 11 is 0.726. The minimum Gasteiger partial charge on any atom is -0.477 e. The van der Waals surface area contributed by atoms with Gasteiger partial charge in [0.25, 0.3) is 10.0 Å². The zero-order chi connectivity index (χ0) is 14.9. The normalized spacial score (nSPS) is 11.3. The number of aromatic carboxylic acids is 1. The molecule has 0 unspecified atom stereocenters. The summed E-state index contributed by atoms with van der Waals surface area (Å²) in [6.07, 6.45) is 0. The fourth-order valence-corrected chi connectivity index (χ4v) is 4.00. The van der Waals surface area contributed by atoms with Crippen LogP contribution in [0.4, 0.5) is 5.69 Å². The predicted octanol–water partition coefficient (Wildman–Crippen LogP) is 2.86. The molecule has 5 nitrogen and oxygen atoms in total. The highest BCUT2D eigenvalue weighted by Crippen LogP contribution is 2.25. The van der Waals surface area contributed by atoms with E-state index in [0.717, 1.165) is 22.5 Å². The van der Waals surface area contributed by atoms with Crippen molar-refractivity contribution in [1.29, 1.82) is 0 Å². The van der Waals surface area contributed by atoms with Gasteiger partial charge in [0.1, 0.15) is 9.09 Å². The topological polar surface area (TPSA) is 83.5 Å². The third-order valence-corrected chi connectivity index (χ3v) is 5.48. The molecule has 0 bridgehead atoms. The van der Waals surface area contributed by atoms with Crippen molar-refractivity contribution in [3.63, 3.8) is 0 Å². The lowest BCUT2D eigenvalue weighted by Gasteiger charge is -2.08. The van der Waals surface area contributed by atoms with E-state index in [-0.39, 0.29) is 9.09 Å². The van der Waals surface area contributed by atoms with Crippen molar-refractivity contribution in [3.8, 4) is 0 Å². The number of aryl methyl sites for hydroxylation is 2. The van der Waals surface area contributed by atoms with Gasteiger partial charge >= 0.3 is 5.97 Å². The molecule has 0 radical (unpaired) electrons. The first-order valence-electron chi connectivity index (χ1n) is 5.72. The van der Waals surface area contributed by atoms with Crippen LogP contribution < -0.4 is 4.72 Å². The van der Waals surface area contributed by atoms with Crippen LogP contribution in [0.15, 0.2) is 34.5 Å². The Kier molecular flexibility index (Phi) is 3.82. The molecule has 0 spiro atoms. The molecule has 0 saturated carbocycles. The summed E-state index contributed by atoms with van der Waals surface area (Å²) in [5.41, 5.74) is 2.35. The lowest BCUT2D eigenvalue weighted by Crippen LogP contribution is -2.11. The zero-order valence-electron chi connectivity index (χ0n) is 10.9. The number of anilines is 1. The summed E-state index contributed by atoms with van der Waals surface area (Å²) in [6.45, 7) is 3.75. The second-order valence-electron chi connectivity index (χ2n) is 4.41. The Morgan fingerprint density at radius 1 is 1.15 bits per heavy atom. The molecule has 0 fully saturated rings. The number of carbonyl (C=O) groups is 1. The minimum absolute atomic E-state index is 0.00852. The lowest BCUT2D eigenvalue weighted by molar-refractivity contribution is 0.0702. The van der Waals surface area contributed by atoms with Crippen molar-refractivity contribution in [2.24, 2.45) is 0 Å². The molecule has 2 rings (SSSR count). The Morgan fingerprint density at radius 3 is 2.25 bits per heavy atom. The molecular weight excluding hydrogens is 298 g/mol. The summed E-state index contributed by atoms with van der Waals surface area (Å²) in [7, 11) is -3.75. The van der Waals surface area contributed by atoms with E-state index in [2.05, 4.69) is 4.72 Å². The number of hydrogen-bond donors (Lipinski definition) is 2. The summed E-state index contributed by atoms with van der Waals surface area (Å²) < 4.78 is 26.8. The highest BCUT2D eigenvalue weighted by atomic mass is 32.2. The van der Waals surface area contributed by atoms with Crippen LogP contribution in [-0.2, 0) is 10.0 Å². The van der Waals surface area contributed by atoms with Crippen LogP contribution in [0.3, 0.4) is 0 Å². The largest absolute Gasteiger partial charge is 0.477 e. The first-order chi connectivity index (χ1) is 9.28. The van der Waals surface area contributed by atoms with Gasteiger partial charge in [0, 0.05) is 5.69 Å². The Balaban J connectivity index is 2.32.